The SMILES string of the molecule is CCCC#CCn1ccc(C(=O)OC(C)(C)C)c1. The first-order chi connectivity index (χ1) is 8.42. The van der Waals surface area contributed by atoms with Crippen LogP contribution in [0.5, 0.6) is 0 Å². The Labute approximate surface area is 109 Å². The number of ether oxygens (including phenoxy) is 1. The third kappa shape index (κ3) is 5.09. The van der Waals surface area contributed by atoms with E-state index in [2.05, 4.69) is 18.8 Å². The predicted octanol–water partition coefficient (Wildman–Crippen LogP) is 3.25. The second-order valence-corrected chi connectivity index (χ2v) is 5.18. The first kappa shape index (κ1) is 14.4. The number of carbonyl (C=O) groups excluding carboxylic acids is 1. The normalized spacial score (nSPS) is 10.7. The fourth-order valence-electron chi connectivity index (χ4n) is 1.36. The molecule has 98 valence electrons. The number of esters is 1. The highest BCUT2D eigenvalue weighted by Gasteiger charge is 2.18. The van der Waals surface area contributed by atoms with Crippen molar-refractivity contribution in [2.24, 2.45) is 0 Å². The maximum Gasteiger partial charge on any atom is 0.340 e. The molecular formula is C15H21NO2. The van der Waals surface area contributed by atoms with Gasteiger partial charge in [-0.25, -0.2) is 4.79 Å². The molecule has 1 aromatic heterocycles. The van der Waals surface area contributed by atoms with E-state index in [1.165, 1.54) is 0 Å². The standard InChI is InChI=1S/C15H21NO2/c1-5-6-7-8-10-16-11-9-13(12-16)14(17)18-15(2,3)4/h9,11-12H,5-6,10H2,1-4H3. The van der Waals surface area contributed by atoms with Crippen molar-refractivity contribution >= 4 is 5.97 Å². The average molecular weight is 247 g/mol. The molecule has 3 nitrogen and oxygen atoms in total. The van der Waals surface area contributed by atoms with Crippen LogP contribution in [-0.4, -0.2) is 16.1 Å². The lowest BCUT2D eigenvalue weighted by Crippen LogP contribution is -2.23. The van der Waals surface area contributed by atoms with E-state index in [0.717, 1.165) is 12.8 Å². The Kier molecular flexibility index (Phi) is 5.03. The maximum absolute atomic E-state index is 11.8. The van der Waals surface area contributed by atoms with Crippen LogP contribution in [0.2, 0.25) is 0 Å². The molecule has 1 heterocycles. The van der Waals surface area contributed by atoms with Crippen molar-refractivity contribution in [3.05, 3.63) is 24.0 Å². The summed E-state index contributed by atoms with van der Waals surface area (Å²) in [6.07, 6.45) is 5.61. The molecule has 0 N–H and O–H groups in total. The smallest absolute Gasteiger partial charge is 0.340 e. The summed E-state index contributed by atoms with van der Waals surface area (Å²) in [5.41, 5.74) is 0.113. The fraction of sp³-hybridized carbons (Fsp3) is 0.533. The van der Waals surface area contributed by atoms with Gasteiger partial charge in [-0.2, -0.15) is 0 Å². The number of hydrogen-bond acceptors (Lipinski definition) is 2. The zero-order valence-corrected chi connectivity index (χ0v) is 11.6. The summed E-state index contributed by atoms with van der Waals surface area (Å²) in [7, 11) is 0. The van der Waals surface area contributed by atoms with Crippen LogP contribution in [0.1, 0.15) is 50.9 Å². The fourth-order valence-corrected chi connectivity index (χ4v) is 1.36. The second-order valence-electron chi connectivity index (χ2n) is 5.18. The van der Waals surface area contributed by atoms with Crippen molar-refractivity contribution in [1.29, 1.82) is 0 Å². The Morgan fingerprint density at radius 3 is 2.72 bits per heavy atom. The molecule has 0 aromatic carbocycles. The highest BCUT2D eigenvalue weighted by Crippen LogP contribution is 2.12. The Balaban J connectivity index is 2.58. The highest BCUT2D eigenvalue weighted by atomic mass is 16.6. The Bertz CT molecular complexity index is 455. The predicted molar refractivity (Wildman–Crippen MR) is 72.3 cm³/mol. The van der Waals surface area contributed by atoms with Gasteiger partial charge in [-0.3, -0.25) is 0 Å². The molecular weight excluding hydrogens is 226 g/mol. The van der Waals surface area contributed by atoms with Gasteiger partial charge in [0.1, 0.15) is 5.60 Å². The minimum atomic E-state index is -0.458. The number of nitrogens with zero attached hydrogens (tertiary/aromatic N) is 1. The number of aromatic nitrogens is 1. The summed E-state index contributed by atoms with van der Waals surface area (Å²) in [4.78, 5) is 11.8. The molecule has 0 radical (unpaired) electrons. The first-order valence-electron chi connectivity index (χ1n) is 6.27. The highest BCUT2D eigenvalue weighted by molar-refractivity contribution is 5.89. The van der Waals surface area contributed by atoms with Gasteiger partial charge in [0.15, 0.2) is 0 Å². The Morgan fingerprint density at radius 1 is 1.39 bits per heavy atom. The number of rotatable bonds is 3. The summed E-state index contributed by atoms with van der Waals surface area (Å²) in [5.74, 6) is 5.85. The van der Waals surface area contributed by atoms with E-state index in [4.69, 9.17) is 4.74 Å². The lowest BCUT2D eigenvalue weighted by Gasteiger charge is -2.18. The summed E-state index contributed by atoms with van der Waals surface area (Å²) in [6, 6.07) is 1.76. The van der Waals surface area contributed by atoms with Crippen LogP contribution in [0.15, 0.2) is 18.5 Å². The van der Waals surface area contributed by atoms with Crippen molar-refractivity contribution < 1.29 is 9.53 Å². The minimum Gasteiger partial charge on any atom is -0.456 e. The number of carbonyl (C=O) groups is 1. The molecule has 0 aliphatic carbocycles. The number of unbranched alkanes of at least 4 members (excludes halogenated alkanes) is 1. The van der Waals surface area contributed by atoms with Gasteiger partial charge in [0.05, 0.1) is 12.1 Å². The van der Waals surface area contributed by atoms with Gasteiger partial charge in [-0.05, 0) is 33.3 Å². The van der Waals surface area contributed by atoms with Crippen LogP contribution in [0.25, 0.3) is 0 Å². The van der Waals surface area contributed by atoms with E-state index in [-0.39, 0.29) is 5.97 Å². The summed E-state index contributed by atoms with van der Waals surface area (Å²) in [5, 5.41) is 0. The average Bonchev–Trinajstić information content (AvgIpc) is 2.71. The van der Waals surface area contributed by atoms with E-state index < -0.39 is 5.60 Å². The monoisotopic (exact) mass is 247 g/mol. The van der Waals surface area contributed by atoms with Crippen molar-refractivity contribution in [3.8, 4) is 11.8 Å². The largest absolute Gasteiger partial charge is 0.456 e. The lowest BCUT2D eigenvalue weighted by molar-refractivity contribution is 0.00695. The molecule has 0 unspecified atom stereocenters. The second kappa shape index (κ2) is 6.30. The molecule has 0 atom stereocenters. The zero-order valence-electron chi connectivity index (χ0n) is 11.6. The molecule has 18 heavy (non-hydrogen) atoms. The molecule has 0 aliphatic heterocycles. The van der Waals surface area contributed by atoms with Crippen LogP contribution < -0.4 is 0 Å². The molecule has 0 fully saturated rings. The molecule has 0 amide bonds. The molecule has 3 heteroatoms. The molecule has 1 rings (SSSR count). The van der Waals surface area contributed by atoms with Gasteiger partial charge in [0.2, 0.25) is 0 Å². The third-order valence-electron chi connectivity index (χ3n) is 2.15. The molecule has 0 bridgehead atoms. The summed E-state index contributed by atoms with van der Waals surface area (Å²) in [6.45, 7) is 8.29. The van der Waals surface area contributed by atoms with Gasteiger partial charge in [0.25, 0.3) is 0 Å². The maximum atomic E-state index is 11.8. The van der Waals surface area contributed by atoms with E-state index in [0.29, 0.717) is 12.1 Å². The molecule has 0 saturated carbocycles. The van der Waals surface area contributed by atoms with Crippen molar-refractivity contribution in [2.45, 2.75) is 52.7 Å². The van der Waals surface area contributed by atoms with Crippen LogP contribution in [0.4, 0.5) is 0 Å². The van der Waals surface area contributed by atoms with Crippen LogP contribution >= 0.6 is 0 Å². The Hall–Kier alpha value is -1.69. The van der Waals surface area contributed by atoms with E-state index in [1.807, 2.05) is 31.5 Å². The van der Waals surface area contributed by atoms with Gasteiger partial charge >= 0.3 is 5.97 Å². The quantitative estimate of drug-likeness (QED) is 0.606. The summed E-state index contributed by atoms with van der Waals surface area (Å²) >= 11 is 0. The third-order valence-corrected chi connectivity index (χ3v) is 2.15. The number of hydrogen-bond donors (Lipinski definition) is 0. The van der Waals surface area contributed by atoms with Crippen LogP contribution in [0, 0.1) is 11.8 Å². The van der Waals surface area contributed by atoms with Crippen molar-refractivity contribution in [1.82, 2.24) is 4.57 Å². The van der Waals surface area contributed by atoms with Gasteiger partial charge in [-0.1, -0.05) is 12.8 Å². The minimum absolute atomic E-state index is 0.289. The van der Waals surface area contributed by atoms with E-state index in [1.54, 1.807) is 12.3 Å². The summed E-state index contributed by atoms with van der Waals surface area (Å²) < 4.78 is 7.18. The van der Waals surface area contributed by atoms with Crippen molar-refractivity contribution in [3.63, 3.8) is 0 Å². The molecule has 1 aromatic rings. The zero-order chi connectivity index (χ0) is 13.6. The lowest BCUT2D eigenvalue weighted by atomic mass is 10.2. The molecule has 0 saturated heterocycles. The van der Waals surface area contributed by atoms with Gasteiger partial charge in [0, 0.05) is 18.8 Å². The van der Waals surface area contributed by atoms with Gasteiger partial charge < -0.3 is 9.30 Å². The van der Waals surface area contributed by atoms with E-state index in [9.17, 15) is 4.79 Å². The van der Waals surface area contributed by atoms with Crippen LogP contribution in [0.3, 0.4) is 0 Å². The molecule has 0 aliphatic rings. The molecule has 0 spiro atoms. The Morgan fingerprint density at radius 2 is 2.11 bits per heavy atom. The topological polar surface area (TPSA) is 31.2 Å². The van der Waals surface area contributed by atoms with Crippen molar-refractivity contribution in [2.75, 3.05) is 0 Å². The van der Waals surface area contributed by atoms with Crippen LogP contribution in [-0.2, 0) is 11.3 Å². The first-order valence-corrected chi connectivity index (χ1v) is 6.27. The van der Waals surface area contributed by atoms with Gasteiger partial charge in [-0.15, -0.1) is 5.92 Å². The van der Waals surface area contributed by atoms with E-state index >= 15 is 0 Å².